The van der Waals surface area contributed by atoms with Crippen LogP contribution in [-0.4, -0.2) is 33.5 Å². The number of rotatable bonds is 6. The summed E-state index contributed by atoms with van der Waals surface area (Å²) in [6.45, 7) is 1.51. The van der Waals surface area contributed by atoms with Crippen molar-refractivity contribution in [3.8, 4) is 0 Å². The second kappa shape index (κ2) is 8.48. The third kappa shape index (κ3) is 5.98. The van der Waals surface area contributed by atoms with Crippen molar-refractivity contribution >= 4 is 28.3 Å². The van der Waals surface area contributed by atoms with E-state index in [0.717, 1.165) is 12.1 Å². The van der Waals surface area contributed by atoms with Crippen LogP contribution < -0.4 is 15.8 Å². The third-order valence-electron chi connectivity index (χ3n) is 2.65. The quantitative estimate of drug-likeness (QED) is 0.686. The van der Waals surface area contributed by atoms with Crippen molar-refractivity contribution in [1.29, 1.82) is 0 Å². The van der Waals surface area contributed by atoms with Gasteiger partial charge in [-0.25, -0.2) is 8.42 Å². The first-order valence-corrected chi connectivity index (χ1v) is 7.74. The average molecular weight is 376 g/mol. The van der Waals surface area contributed by atoms with Crippen LogP contribution in [0, 0.1) is 0 Å². The topological polar surface area (TPSA) is 101 Å². The van der Waals surface area contributed by atoms with Crippen LogP contribution in [0.25, 0.3) is 0 Å². The van der Waals surface area contributed by atoms with Gasteiger partial charge in [-0.1, -0.05) is 12.1 Å². The highest BCUT2D eigenvalue weighted by Crippen LogP contribution is 2.33. The van der Waals surface area contributed by atoms with Crippen LogP contribution in [0.5, 0.6) is 0 Å². The Morgan fingerprint density at radius 1 is 1.30 bits per heavy atom. The maximum Gasteiger partial charge on any atom is 0.417 e. The SMILES string of the molecule is CC(NS(=O)(=O)c1ccccc1C(F)(F)F)C(=O)NCCN.Cl. The molecule has 0 aliphatic rings. The maximum atomic E-state index is 12.9. The molecule has 1 unspecified atom stereocenters. The van der Waals surface area contributed by atoms with Crippen molar-refractivity contribution in [2.45, 2.75) is 24.0 Å². The number of amides is 1. The Hall–Kier alpha value is -1.36. The molecule has 0 radical (unpaired) electrons. The second-order valence-electron chi connectivity index (χ2n) is 4.42. The van der Waals surface area contributed by atoms with E-state index in [4.69, 9.17) is 5.73 Å². The molecule has 1 amide bonds. The summed E-state index contributed by atoms with van der Waals surface area (Å²) in [6.07, 6.45) is -4.82. The van der Waals surface area contributed by atoms with E-state index in [1.807, 2.05) is 4.72 Å². The van der Waals surface area contributed by atoms with E-state index < -0.39 is 38.6 Å². The van der Waals surface area contributed by atoms with Gasteiger partial charge in [0.05, 0.1) is 16.5 Å². The fourth-order valence-electron chi connectivity index (χ4n) is 1.63. The lowest BCUT2D eigenvalue weighted by molar-refractivity contribution is -0.139. The summed E-state index contributed by atoms with van der Waals surface area (Å²) in [6, 6.07) is 2.50. The van der Waals surface area contributed by atoms with Gasteiger partial charge in [0.1, 0.15) is 0 Å². The molecular formula is C12H17ClF3N3O3S. The molecule has 0 spiro atoms. The Kier molecular flexibility index (Phi) is 7.98. The minimum absolute atomic E-state index is 0. The summed E-state index contributed by atoms with van der Waals surface area (Å²) < 4.78 is 64.6. The van der Waals surface area contributed by atoms with E-state index in [9.17, 15) is 26.4 Å². The first kappa shape index (κ1) is 21.6. The molecule has 1 rings (SSSR count). The van der Waals surface area contributed by atoms with Crippen molar-refractivity contribution in [2.75, 3.05) is 13.1 Å². The Bertz CT molecular complexity index is 638. The minimum Gasteiger partial charge on any atom is -0.353 e. The summed E-state index contributed by atoms with van der Waals surface area (Å²) in [5, 5.41) is 2.34. The van der Waals surface area contributed by atoms with Crippen molar-refractivity contribution in [1.82, 2.24) is 10.0 Å². The van der Waals surface area contributed by atoms with Gasteiger partial charge in [0.2, 0.25) is 15.9 Å². The number of carbonyl (C=O) groups is 1. The summed E-state index contributed by atoms with van der Waals surface area (Å²) in [7, 11) is -4.51. The molecule has 1 aromatic carbocycles. The molecule has 0 heterocycles. The Balaban J connectivity index is 0.00000484. The predicted molar refractivity (Wildman–Crippen MR) is 80.5 cm³/mol. The van der Waals surface area contributed by atoms with Gasteiger partial charge < -0.3 is 11.1 Å². The molecule has 4 N–H and O–H groups in total. The molecule has 0 saturated carbocycles. The van der Waals surface area contributed by atoms with E-state index in [1.165, 1.54) is 13.0 Å². The molecule has 1 aromatic rings. The molecular weight excluding hydrogens is 359 g/mol. The summed E-state index contributed by atoms with van der Waals surface area (Å²) in [4.78, 5) is 10.6. The summed E-state index contributed by atoms with van der Waals surface area (Å²) >= 11 is 0. The van der Waals surface area contributed by atoms with Crippen molar-refractivity contribution in [2.24, 2.45) is 5.73 Å². The Labute approximate surface area is 138 Å². The van der Waals surface area contributed by atoms with Crippen molar-refractivity contribution < 1.29 is 26.4 Å². The zero-order chi connectivity index (χ0) is 17.0. The molecule has 23 heavy (non-hydrogen) atoms. The zero-order valence-corrected chi connectivity index (χ0v) is 13.7. The number of benzene rings is 1. The van der Waals surface area contributed by atoms with E-state index in [0.29, 0.717) is 6.07 Å². The Morgan fingerprint density at radius 2 is 1.87 bits per heavy atom. The number of alkyl halides is 3. The first-order valence-electron chi connectivity index (χ1n) is 6.26. The lowest BCUT2D eigenvalue weighted by Crippen LogP contribution is -2.46. The molecule has 0 saturated heterocycles. The van der Waals surface area contributed by atoms with Gasteiger partial charge in [0, 0.05) is 13.1 Å². The number of nitrogens with one attached hydrogen (secondary N) is 2. The minimum atomic E-state index is -4.82. The number of hydrogen-bond acceptors (Lipinski definition) is 4. The fraction of sp³-hybridized carbons (Fsp3) is 0.417. The molecule has 6 nitrogen and oxygen atoms in total. The molecule has 0 fully saturated rings. The van der Waals surface area contributed by atoms with Gasteiger partial charge >= 0.3 is 6.18 Å². The zero-order valence-electron chi connectivity index (χ0n) is 12.1. The lowest BCUT2D eigenvalue weighted by atomic mass is 10.2. The lowest BCUT2D eigenvalue weighted by Gasteiger charge is -2.17. The first-order chi connectivity index (χ1) is 10.1. The van der Waals surface area contributed by atoms with Gasteiger partial charge in [0.25, 0.3) is 0 Å². The van der Waals surface area contributed by atoms with Crippen LogP contribution in [-0.2, 0) is 21.0 Å². The fourth-order valence-corrected chi connectivity index (χ4v) is 3.06. The monoisotopic (exact) mass is 375 g/mol. The van der Waals surface area contributed by atoms with Gasteiger partial charge in [-0.15, -0.1) is 12.4 Å². The van der Waals surface area contributed by atoms with Crippen LogP contribution in [0.4, 0.5) is 13.2 Å². The van der Waals surface area contributed by atoms with E-state index in [1.54, 1.807) is 0 Å². The van der Waals surface area contributed by atoms with Crippen LogP contribution in [0.3, 0.4) is 0 Å². The standard InChI is InChI=1S/C12H16F3N3O3S.ClH/c1-8(11(19)17-7-6-16)18-22(20,21)10-5-3-2-4-9(10)12(13,14)15;/h2-5,8,18H,6-7,16H2,1H3,(H,17,19);1H. The van der Waals surface area contributed by atoms with E-state index in [2.05, 4.69) is 5.32 Å². The van der Waals surface area contributed by atoms with Crippen molar-refractivity contribution in [3.63, 3.8) is 0 Å². The van der Waals surface area contributed by atoms with Crippen molar-refractivity contribution in [3.05, 3.63) is 29.8 Å². The molecule has 0 bridgehead atoms. The van der Waals surface area contributed by atoms with Crippen LogP contribution in [0.15, 0.2) is 29.2 Å². The predicted octanol–water partition coefficient (Wildman–Crippen LogP) is 0.869. The molecule has 0 aliphatic heterocycles. The molecule has 0 aromatic heterocycles. The number of halogens is 4. The van der Waals surface area contributed by atoms with E-state index in [-0.39, 0.29) is 25.5 Å². The number of carbonyl (C=O) groups excluding carboxylic acids is 1. The van der Waals surface area contributed by atoms with Gasteiger partial charge in [-0.3, -0.25) is 4.79 Å². The third-order valence-corrected chi connectivity index (χ3v) is 4.25. The number of sulfonamides is 1. The summed E-state index contributed by atoms with van der Waals surface area (Å²) in [5.74, 6) is -0.682. The van der Waals surface area contributed by atoms with Gasteiger partial charge in [-0.05, 0) is 19.1 Å². The molecule has 1 atom stereocenters. The molecule has 0 aliphatic carbocycles. The number of nitrogens with two attached hydrogens (primary N) is 1. The maximum absolute atomic E-state index is 12.9. The highest BCUT2D eigenvalue weighted by Gasteiger charge is 2.37. The highest BCUT2D eigenvalue weighted by molar-refractivity contribution is 7.89. The number of hydrogen-bond donors (Lipinski definition) is 3. The molecule has 132 valence electrons. The van der Waals surface area contributed by atoms with Crippen LogP contribution in [0.2, 0.25) is 0 Å². The largest absolute Gasteiger partial charge is 0.417 e. The van der Waals surface area contributed by atoms with Gasteiger partial charge in [-0.2, -0.15) is 17.9 Å². The smallest absolute Gasteiger partial charge is 0.353 e. The average Bonchev–Trinajstić information content (AvgIpc) is 2.43. The normalized spacial score (nSPS) is 13.1. The second-order valence-corrected chi connectivity index (χ2v) is 6.10. The van der Waals surface area contributed by atoms with Crippen LogP contribution >= 0.6 is 12.4 Å². The highest BCUT2D eigenvalue weighted by atomic mass is 35.5. The van der Waals surface area contributed by atoms with Gasteiger partial charge in [0.15, 0.2) is 0 Å². The Morgan fingerprint density at radius 3 is 2.39 bits per heavy atom. The van der Waals surface area contributed by atoms with Crippen LogP contribution in [0.1, 0.15) is 12.5 Å². The van der Waals surface area contributed by atoms with E-state index >= 15 is 0 Å². The molecule has 11 heteroatoms. The summed E-state index contributed by atoms with van der Waals surface area (Å²) in [5.41, 5.74) is 3.89.